The van der Waals surface area contributed by atoms with E-state index in [1.807, 2.05) is 6.92 Å². The first-order chi connectivity index (χ1) is 10.4. The highest BCUT2D eigenvalue weighted by atomic mass is 35.5. The number of halogens is 1. The van der Waals surface area contributed by atoms with Gasteiger partial charge in [0, 0.05) is 5.92 Å². The van der Waals surface area contributed by atoms with Gasteiger partial charge in [-0.3, -0.25) is 9.59 Å². The number of carbonyl (C=O) groups excluding carboxylic acids is 2. The van der Waals surface area contributed by atoms with Crippen molar-refractivity contribution < 1.29 is 23.8 Å². The molecule has 0 aromatic rings. The second kappa shape index (κ2) is 10.8. The van der Waals surface area contributed by atoms with Crippen molar-refractivity contribution in [3.63, 3.8) is 0 Å². The van der Waals surface area contributed by atoms with Gasteiger partial charge in [-0.05, 0) is 13.3 Å². The summed E-state index contributed by atoms with van der Waals surface area (Å²) in [6.07, 6.45) is 2.00. The van der Waals surface area contributed by atoms with Crippen molar-refractivity contribution in [3.8, 4) is 0 Å². The van der Waals surface area contributed by atoms with E-state index < -0.39 is 18.1 Å². The Hall–Kier alpha value is -0.850. The zero-order chi connectivity index (χ0) is 16.7. The summed E-state index contributed by atoms with van der Waals surface area (Å²) >= 11 is 0. The van der Waals surface area contributed by atoms with Crippen LogP contribution < -0.4 is 5.73 Å². The van der Waals surface area contributed by atoms with Gasteiger partial charge in [0.1, 0.15) is 18.2 Å². The van der Waals surface area contributed by atoms with E-state index in [9.17, 15) is 9.59 Å². The maximum atomic E-state index is 11.9. The lowest BCUT2D eigenvalue weighted by atomic mass is 9.91. The van der Waals surface area contributed by atoms with Gasteiger partial charge in [0.15, 0.2) is 0 Å². The highest BCUT2D eigenvalue weighted by molar-refractivity contribution is 5.85. The van der Waals surface area contributed by atoms with Crippen LogP contribution in [0.4, 0.5) is 0 Å². The number of rotatable bonds is 5. The van der Waals surface area contributed by atoms with Gasteiger partial charge in [0.05, 0.1) is 19.1 Å². The monoisotopic (exact) mass is 351 g/mol. The number of unbranched alkanes of at least 4 members (excludes halogenated alkanes) is 1. The maximum Gasteiger partial charge on any atom is 0.325 e. The van der Waals surface area contributed by atoms with Crippen LogP contribution in [0.5, 0.6) is 0 Å². The number of hydrogen-bond acceptors (Lipinski definition) is 6. The number of esters is 2. The fourth-order valence-electron chi connectivity index (χ4n) is 2.43. The summed E-state index contributed by atoms with van der Waals surface area (Å²) in [6.45, 7) is 7.81. The van der Waals surface area contributed by atoms with E-state index in [0.717, 1.165) is 19.3 Å². The van der Waals surface area contributed by atoms with E-state index >= 15 is 0 Å². The molecule has 6 nitrogen and oxygen atoms in total. The smallest absolute Gasteiger partial charge is 0.325 e. The van der Waals surface area contributed by atoms with E-state index in [2.05, 4.69) is 6.92 Å². The summed E-state index contributed by atoms with van der Waals surface area (Å²) in [5.74, 6) is -1.03. The molecule has 0 spiro atoms. The molecule has 23 heavy (non-hydrogen) atoms. The third-order valence-corrected chi connectivity index (χ3v) is 3.89. The number of cyclic esters (lactones) is 1. The Morgan fingerprint density at radius 2 is 2.04 bits per heavy atom. The Morgan fingerprint density at radius 3 is 2.61 bits per heavy atom. The van der Waals surface area contributed by atoms with Gasteiger partial charge in [-0.2, -0.15) is 0 Å². The molecule has 1 aliphatic heterocycles. The highest BCUT2D eigenvalue weighted by Gasteiger charge is 2.35. The Balaban J connectivity index is 0.00000484. The second-order valence-electron chi connectivity index (χ2n) is 6.22. The van der Waals surface area contributed by atoms with Crippen molar-refractivity contribution in [3.05, 3.63) is 0 Å². The molecular formula is C16H30ClNO5. The topological polar surface area (TPSA) is 87.8 Å². The zero-order valence-electron chi connectivity index (χ0n) is 14.4. The molecule has 0 saturated carbocycles. The van der Waals surface area contributed by atoms with Crippen LogP contribution in [0.2, 0.25) is 0 Å². The lowest BCUT2D eigenvalue weighted by Crippen LogP contribution is -2.40. The van der Waals surface area contributed by atoms with Gasteiger partial charge in [-0.1, -0.05) is 33.6 Å². The van der Waals surface area contributed by atoms with Crippen LogP contribution >= 0.6 is 12.4 Å². The molecule has 4 atom stereocenters. The van der Waals surface area contributed by atoms with Crippen molar-refractivity contribution in [1.82, 2.24) is 0 Å². The molecule has 0 aromatic carbocycles. The first-order valence-electron chi connectivity index (χ1n) is 8.11. The summed E-state index contributed by atoms with van der Waals surface area (Å²) in [5, 5.41) is 0. The van der Waals surface area contributed by atoms with Gasteiger partial charge in [-0.15, -0.1) is 12.4 Å². The predicted molar refractivity (Wildman–Crippen MR) is 89.3 cm³/mol. The number of carbonyl (C=O) groups is 2. The van der Waals surface area contributed by atoms with Crippen molar-refractivity contribution in [2.24, 2.45) is 17.6 Å². The van der Waals surface area contributed by atoms with E-state index in [4.69, 9.17) is 19.9 Å². The van der Waals surface area contributed by atoms with Gasteiger partial charge in [0.2, 0.25) is 0 Å². The van der Waals surface area contributed by atoms with Crippen LogP contribution in [0.25, 0.3) is 0 Å². The molecule has 1 heterocycles. The summed E-state index contributed by atoms with van der Waals surface area (Å²) < 4.78 is 16.5. The molecule has 0 amide bonds. The second-order valence-corrected chi connectivity index (χ2v) is 6.22. The Kier molecular flexibility index (Phi) is 10.4. The molecule has 1 fully saturated rings. The molecule has 0 bridgehead atoms. The fourth-order valence-corrected chi connectivity index (χ4v) is 2.43. The van der Waals surface area contributed by atoms with Crippen LogP contribution in [0, 0.1) is 11.8 Å². The molecule has 136 valence electrons. The SMILES string of the molecule is CCCC[C@H]1[C@H](C)OC(=O)[C@@H](N)COC[C@@H]1OC(=O)C(C)C.Cl. The normalized spacial score (nSPS) is 28.9. The van der Waals surface area contributed by atoms with Crippen LogP contribution in [0.1, 0.15) is 47.0 Å². The Morgan fingerprint density at radius 1 is 1.39 bits per heavy atom. The van der Waals surface area contributed by atoms with Crippen LogP contribution in [-0.2, 0) is 23.8 Å². The van der Waals surface area contributed by atoms with Crippen molar-refractivity contribution >= 4 is 24.3 Å². The van der Waals surface area contributed by atoms with Crippen molar-refractivity contribution in [1.29, 1.82) is 0 Å². The molecule has 0 unspecified atom stereocenters. The zero-order valence-corrected chi connectivity index (χ0v) is 15.3. The lowest BCUT2D eigenvalue weighted by molar-refractivity contribution is -0.164. The van der Waals surface area contributed by atoms with Crippen LogP contribution in [-0.4, -0.2) is 43.4 Å². The molecule has 1 rings (SSSR count). The molecule has 2 N–H and O–H groups in total. The van der Waals surface area contributed by atoms with Gasteiger partial charge in [-0.25, -0.2) is 0 Å². The minimum absolute atomic E-state index is 0. The molecule has 0 aliphatic carbocycles. The van der Waals surface area contributed by atoms with E-state index in [1.54, 1.807) is 13.8 Å². The first-order valence-corrected chi connectivity index (χ1v) is 8.11. The van der Waals surface area contributed by atoms with Crippen LogP contribution in [0.3, 0.4) is 0 Å². The predicted octanol–water partition coefficient (Wildman–Crippen LogP) is 2.07. The summed E-state index contributed by atoms with van der Waals surface area (Å²) in [6, 6.07) is -0.797. The third-order valence-electron chi connectivity index (χ3n) is 3.89. The van der Waals surface area contributed by atoms with Gasteiger partial charge >= 0.3 is 11.9 Å². The van der Waals surface area contributed by atoms with E-state index in [-0.39, 0.29) is 49.5 Å². The first kappa shape index (κ1) is 22.1. The average molecular weight is 352 g/mol. The minimum atomic E-state index is -0.797. The van der Waals surface area contributed by atoms with Gasteiger partial charge in [0.25, 0.3) is 0 Å². The molecular weight excluding hydrogens is 322 g/mol. The molecule has 7 heteroatoms. The minimum Gasteiger partial charge on any atom is -0.461 e. The van der Waals surface area contributed by atoms with E-state index in [0.29, 0.717) is 0 Å². The number of hydrogen-bond donors (Lipinski definition) is 1. The summed E-state index contributed by atoms with van der Waals surface area (Å²) in [7, 11) is 0. The quantitative estimate of drug-likeness (QED) is 0.763. The number of nitrogens with two attached hydrogens (primary N) is 1. The summed E-state index contributed by atoms with van der Waals surface area (Å²) in [4.78, 5) is 23.8. The van der Waals surface area contributed by atoms with Crippen molar-refractivity contribution in [2.45, 2.75) is 65.2 Å². The van der Waals surface area contributed by atoms with E-state index in [1.165, 1.54) is 0 Å². The largest absolute Gasteiger partial charge is 0.461 e. The van der Waals surface area contributed by atoms with Crippen LogP contribution in [0.15, 0.2) is 0 Å². The molecule has 1 aliphatic rings. The molecule has 1 saturated heterocycles. The fraction of sp³-hybridized carbons (Fsp3) is 0.875. The Bertz CT molecular complexity index is 377. The average Bonchev–Trinajstić information content (AvgIpc) is 2.49. The van der Waals surface area contributed by atoms with Gasteiger partial charge < -0.3 is 19.9 Å². The van der Waals surface area contributed by atoms with Crippen molar-refractivity contribution in [2.75, 3.05) is 13.2 Å². The molecule has 0 radical (unpaired) electrons. The Labute approximate surface area is 144 Å². The third kappa shape index (κ3) is 7.06. The highest BCUT2D eigenvalue weighted by Crippen LogP contribution is 2.25. The maximum absolute atomic E-state index is 11.9. The number of ether oxygens (including phenoxy) is 3. The standard InChI is InChI=1S/C16H29NO5.ClH/c1-5-6-7-12-11(4)21-16(19)13(17)8-20-9-14(12)22-15(18)10(2)3;/h10-14H,5-9,17H2,1-4H3;1H/t11-,12-,13-,14-;/m0./s1. The summed E-state index contributed by atoms with van der Waals surface area (Å²) in [5.41, 5.74) is 5.71. The lowest BCUT2D eigenvalue weighted by Gasteiger charge is -2.30. The molecule has 0 aromatic heterocycles.